The second kappa shape index (κ2) is 5.07. The summed E-state index contributed by atoms with van der Waals surface area (Å²) in [6, 6.07) is 22.2. The highest BCUT2D eigenvalue weighted by Crippen LogP contribution is 2.29. The molecule has 0 saturated carbocycles. The summed E-state index contributed by atoms with van der Waals surface area (Å²) in [5, 5.41) is 11.4. The molecule has 0 unspecified atom stereocenters. The average Bonchev–Trinajstić information content (AvgIpc) is 3.05. The third-order valence-electron chi connectivity index (χ3n) is 3.26. The smallest absolute Gasteiger partial charge is 0.166 e. The Hall–Kier alpha value is -2.59. The van der Waals surface area contributed by atoms with Crippen LogP contribution in [-0.4, -0.2) is 15.2 Å². The molecule has 0 aliphatic heterocycles. The maximum Gasteiger partial charge on any atom is 0.166 e. The van der Waals surface area contributed by atoms with Crippen molar-refractivity contribution in [1.82, 2.24) is 15.2 Å². The van der Waals surface area contributed by atoms with Crippen LogP contribution in [0.2, 0.25) is 0 Å². The molecule has 4 rings (SSSR count). The Labute approximate surface area is 125 Å². The van der Waals surface area contributed by atoms with Crippen molar-refractivity contribution >= 4 is 22.2 Å². The van der Waals surface area contributed by atoms with Crippen molar-refractivity contribution in [2.45, 2.75) is 0 Å². The van der Waals surface area contributed by atoms with Gasteiger partial charge >= 0.3 is 0 Å². The molecule has 0 aliphatic rings. The number of pyridine rings is 1. The van der Waals surface area contributed by atoms with Crippen LogP contribution in [0.3, 0.4) is 0 Å². The molecule has 21 heavy (non-hydrogen) atoms. The minimum Gasteiger partial charge on any atom is -0.245 e. The van der Waals surface area contributed by atoms with E-state index in [1.165, 1.54) is 0 Å². The van der Waals surface area contributed by atoms with Crippen molar-refractivity contribution < 1.29 is 0 Å². The van der Waals surface area contributed by atoms with E-state index in [2.05, 4.69) is 27.3 Å². The van der Waals surface area contributed by atoms with Crippen LogP contribution in [0.1, 0.15) is 0 Å². The number of para-hydroxylation sites is 1. The summed E-state index contributed by atoms with van der Waals surface area (Å²) in [5.41, 5.74) is 2.93. The van der Waals surface area contributed by atoms with Gasteiger partial charge in [-0.2, -0.15) is 0 Å². The summed E-state index contributed by atoms with van der Waals surface area (Å²) < 4.78 is 0. The van der Waals surface area contributed by atoms with E-state index in [0.29, 0.717) is 0 Å². The predicted octanol–water partition coefficient (Wildman–Crippen LogP) is 4.42. The zero-order valence-electron chi connectivity index (χ0n) is 11.1. The lowest BCUT2D eigenvalue weighted by molar-refractivity contribution is 1.09. The minimum absolute atomic E-state index is 0.847. The van der Waals surface area contributed by atoms with Gasteiger partial charge in [-0.3, -0.25) is 0 Å². The molecule has 0 radical (unpaired) electrons. The van der Waals surface area contributed by atoms with E-state index in [9.17, 15) is 0 Å². The zero-order valence-corrected chi connectivity index (χ0v) is 11.9. The van der Waals surface area contributed by atoms with Gasteiger partial charge in [-0.1, -0.05) is 65.9 Å². The van der Waals surface area contributed by atoms with Crippen molar-refractivity contribution in [1.29, 1.82) is 0 Å². The summed E-state index contributed by atoms with van der Waals surface area (Å²) >= 11 is 1.56. The van der Waals surface area contributed by atoms with E-state index in [0.717, 1.165) is 32.2 Å². The lowest BCUT2D eigenvalue weighted by Gasteiger charge is -1.98. The Bertz CT molecular complexity index is 900. The summed E-state index contributed by atoms with van der Waals surface area (Å²) in [7, 11) is 0. The number of rotatable bonds is 2. The summed E-state index contributed by atoms with van der Waals surface area (Å²) in [6.07, 6.45) is 0. The molecule has 0 saturated heterocycles. The highest BCUT2D eigenvalue weighted by atomic mass is 32.1. The molecule has 0 N–H and O–H groups in total. The minimum atomic E-state index is 0.847. The summed E-state index contributed by atoms with van der Waals surface area (Å²) in [5.74, 6) is 0. The van der Waals surface area contributed by atoms with E-state index >= 15 is 0 Å². The molecule has 0 amide bonds. The van der Waals surface area contributed by atoms with Gasteiger partial charge in [-0.25, -0.2) is 4.98 Å². The van der Waals surface area contributed by atoms with Crippen molar-refractivity contribution in [3.63, 3.8) is 0 Å². The third-order valence-corrected chi connectivity index (χ3v) is 4.26. The number of hydrogen-bond acceptors (Lipinski definition) is 4. The summed E-state index contributed by atoms with van der Waals surface area (Å²) in [4.78, 5) is 4.66. The molecule has 2 heterocycles. The lowest BCUT2D eigenvalue weighted by Crippen LogP contribution is -1.84. The average molecular weight is 289 g/mol. The van der Waals surface area contributed by atoms with Crippen molar-refractivity contribution in [2.75, 3.05) is 0 Å². The number of nitrogens with zero attached hydrogens (tertiary/aromatic N) is 3. The van der Waals surface area contributed by atoms with Crippen molar-refractivity contribution in [2.24, 2.45) is 0 Å². The molecule has 3 nitrogen and oxygen atoms in total. The Morgan fingerprint density at radius 3 is 2.33 bits per heavy atom. The fourth-order valence-corrected chi connectivity index (χ4v) is 3.03. The molecule has 4 aromatic rings. The highest BCUT2D eigenvalue weighted by Gasteiger charge is 2.09. The number of aromatic nitrogens is 3. The molecular formula is C17H11N3S. The standard InChI is InChI=1S/C17H11N3S/c1-2-7-13(8-3-1)16-19-20-17(21-16)15-11-10-12-6-4-5-9-14(12)18-15/h1-11H. The highest BCUT2D eigenvalue weighted by molar-refractivity contribution is 7.17. The van der Waals surface area contributed by atoms with Crippen LogP contribution < -0.4 is 0 Å². The van der Waals surface area contributed by atoms with Gasteiger partial charge < -0.3 is 0 Å². The number of benzene rings is 2. The van der Waals surface area contributed by atoms with Gasteiger partial charge in [0.1, 0.15) is 10.7 Å². The Kier molecular flexibility index (Phi) is 2.94. The van der Waals surface area contributed by atoms with Gasteiger partial charge in [-0.15, -0.1) is 10.2 Å². The Balaban J connectivity index is 1.77. The van der Waals surface area contributed by atoms with Crippen LogP contribution in [0, 0.1) is 0 Å². The van der Waals surface area contributed by atoms with Gasteiger partial charge in [0.25, 0.3) is 0 Å². The molecule has 0 aliphatic carbocycles. The first-order valence-corrected chi connectivity index (χ1v) is 7.47. The monoisotopic (exact) mass is 289 g/mol. The number of fused-ring (bicyclic) bond motifs is 1. The Morgan fingerprint density at radius 2 is 1.43 bits per heavy atom. The van der Waals surface area contributed by atoms with Crippen LogP contribution in [-0.2, 0) is 0 Å². The largest absolute Gasteiger partial charge is 0.245 e. The zero-order chi connectivity index (χ0) is 14.1. The maximum atomic E-state index is 4.66. The van der Waals surface area contributed by atoms with Crippen LogP contribution in [0.4, 0.5) is 0 Å². The fraction of sp³-hybridized carbons (Fsp3) is 0. The number of hydrogen-bond donors (Lipinski definition) is 0. The molecular weight excluding hydrogens is 278 g/mol. The predicted molar refractivity (Wildman–Crippen MR) is 86.1 cm³/mol. The van der Waals surface area contributed by atoms with Gasteiger partial charge in [-0.05, 0) is 12.1 Å². The molecule has 2 aromatic heterocycles. The van der Waals surface area contributed by atoms with Gasteiger partial charge in [0.05, 0.1) is 5.52 Å². The summed E-state index contributed by atoms with van der Waals surface area (Å²) in [6.45, 7) is 0. The molecule has 0 atom stereocenters. The van der Waals surface area contributed by atoms with Crippen molar-refractivity contribution in [3.8, 4) is 21.3 Å². The topological polar surface area (TPSA) is 38.7 Å². The second-order valence-corrected chi connectivity index (χ2v) is 5.65. The fourth-order valence-electron chi connectivity index (χ4n) is 2.21. The van der Waals surface area contributed by atoms with E-state index in [4.69, 9.17) is 0 Å². The van der Waals surface area contributed by atoms with E-state index in [1.807, 2.05) is 54.6 Å². The first-order valence-electron chi connectivity index (χ1n) is 6.65. The van der Waals surface area contributed by atoms with Gasteiger partial charge in [0, 0.05) is 10.9 Å². The van der Waals surface area contributed by atoms with E-state index in [1.54, 1.807) is 11.3 Å². The maximum absolute atomic E-state index is 4.66. The quantitative estimate of drug-likeness (QED) is 0.548. The van der Waals surface area contributed by atoms with E-state index in [-0.39, 0.29) is 0 Å². The first-order chi connectivity index (χ1) is 10.4. The molecule has 4 heteroatoms. The lowest BCUT2D eigenvalue weighted by atomic mass is 10.2. The Morgan fingerprint density at radius 1 is 0.667 bits per heavy atom. The second-order valence-electron chi connectivity index (χ2n) is 4.67. The molecule has 2 aromatic carbocycles. The molecule has 100 valence electrons. The van der Waals surface area contributed by atoms with Crippen LogP contribution in [0.15, 0.2) is 66.7 Å². The van der Waals surface area contributed by atoms with Crippen LogP contribution in [0.25, 0.3) is 32.2 Å². The first kappa shape index (κ1) is 12.2. The van der Waals surface area contributed by atoms with Crippen LogP contribution in [0.5, 0.6) is 0 Å². The third kappa shape index (κ3) is 2.30. The molecule has 0 bridgehead atoms. The van der Waals surface area contributed by atoms with Gasteiger partial charge in [0.2, 0.25) is 0 Å². The van der Waals surface area contributed by atoms with E-state index < -0.39 is 0 Å². The molecule has 0 spiro atoms. The normalized spacial score (nSPS) is 10.9. The van der Waals surface area contributed by atoms with Crippen molar-refractivity contribution in [3.05, 3.63) is 66.7 Å². The molecule has 0 fully saturated rings. The van der Waals surface area contributed by atoms with Crippen LogP contribution >= 0.6 is 11.3 Å². The van der Waals surface area contributed by atoms with Gasteiger partial charge in [0.15, 0.2) is 5.01 Å². The SMILES string of the molecule is c1ccc(-c2nnc(-c3ccc4ccccc4n3)s2)cc1.